The molecule has 0 aliphatic carbocycles. The Hall–Kier alpha value is -1.59. The smallest absolute Gasteiger partial charge is 0.315 e. The highest BCUT2D eigenvalue weighted by Crippen LogP contribution is 1.98. The van der Waals surface area contributed by atoms with E-state index >= 15 is 0 Å². The second-order valence-electron chi connectivity index (χ2n) is 3.05. The van der Waals surface area contributed by atoms with Gasteiger partial charge in [0.1, 0.15) is 6.42 Å². The lowest BCUT2D eigenvalue weighted by Gasteiger charge is -2.19. The van der Waals surface area contributed by atoms with E-state index in [4.69, 9.17) is 0 Å². The van der Waals surface area contributed by atoms with Crippen LogP contribution in [-0.2, 0) is 23.9 Å². The third kappa shape index (κ3) is 5.33. The minimum Gasteiger partial charge on any atom is -0.469 e. The number of rotatable bonds is 6. The number of carbonyl (C=O) groups excluding carboxylic acids is 3. The molecule has 92 valence electrons. The zero-order valence-electron chi connectivity index (χ0n) is 9.82. The van der Waals surface area contributed by atoms with Crippen molar-refractivity contribution in [1.82, 2.24) is 4.90 Å². The zero-order chi connectivity index (χ0) is 12.6. The molecular formula is C10H17NO5. The standard InChI is InChI=1S/C10H17NO5/c1-4-11(6-5-9(13)15-2)8(12)7-10(14)16-3/h4-7H2,1-3H3. The van der Waals surface area contributed by atoms with E-state index in [1.54, 1.807) is 6.92 Å². The Kier molecular flexibility index (Phi) is 6.91. The minimum atomic E-state index is -0.582. The average Bonchev–Trinajstić information content (AvgIpc) is 2.29. The maximum absolute atomic E-state index is 11.5. The number of esters is 2. The van der Waals surface area contributed by atoms with E-state index in [2.05, 4.69) is 9.47 Å². The number of hydrogen-bond donors (Lipinski definition) is 0. The predicted molar refractivity (Wildman–Crippen MR) is 55.5 cm³/mol. The molecule has 0 aliphatic heterocycles. The molecule has 0 aromatic rings. The van der Waals surface area contributed by atoms with Crippen molar-refractivity contribution in [2.45, 2.75) is 19.8 Å². The Bertz CT molecular complexity index is 264. The molecule has 0 spiro atoms. The Balaban J connectivity index is 4.11. The highest BCUT2D eigenvalue weighted by Gasteiger charge is 2.17. The normalized spacial score (nSPS) is 9.44. The SMILES string of the molecule is CCN(CCC(=O)OC)C(=O)CC(=O)OC. The number of hydrogen-bond acceptors (Lipinski definition) is 5. The van der Waals surface area contributed by atoms with Crippen LogP contribution in [0.15, 0.2) is 0 Å². The van der Waals surface area contributed by atoms with Gasteiger partial charge < -0.3 is 14.4 Å². The largest absolute Gasteiger partial charge is 0.469 e. The van der Waals surface area contributed by atoms with Gasteiger partial charge >= 0.3 is 11.9 Å². The van der Waals surface area contributed by atoms with Crippen LogP contribution in [-0.4, -0.2) is 50.1 Å². The summed E-state index contributed by atoms with van der Waals surface area (Å²) in [6.07, 6.45) is -0.178. The van der Waals surface area contributed by atoms with Crippen molar-refractivity contribution in [3.63, 3.8) is 0 Å². The van der Waals surface area contributed by atoms with Crippen LogP contribution in [0.1, 0.15) is 19.8 Å². The van der Waals surface area contributed by atoms with Gasteiger partial charge in [-0.3, -0.25) is 14.4 Å². The molecule has 0 radical (unpaired) electrons. The summed E-state index contributed by atoms with van der Waals surface area (Å²) in [7, 11) is 2.51. The molecule has 0 N–H and O–H groups in total. The fraction of sp³-hybridized carbons (Fsp3) is 0.700. The molecule has 0 unspecified atom stereocenters. The van der Waals surface area contributed by atoms with Crippen LogP contribution in [0, 0.1) is 0 Å². The van der Waals surface area contributed by atoms with Crippen LogP contribution >= 0.6 is 0 Å². The van der Waals surface area contributed by atoms with Gasteiger partial charge in [0, 0.05) is 13.1 Å². The van der Waals surface area contributed by atoms with Crippen molar-refractivity contribution in [2.75, 3.05) is 27.3 Å². The summed E-state index contributed by atoms with van der Waals surface area (Å²) in [5.74, 6) is -1.32. The van der Waals surface area contributed by atoms with E-state index in [1.807, 2.05) is 0 Å². The van der Waals surface area contributed by atoms with Crippen molar-refractivity contribution < 1.29 is 23.9 Å². The highest BCUT2D eigenvalue weighted by molar-refractivity contribution is 5.94. The Morgan fingerprint density at radius 2 is 1.62 bits per heavy atom. The zero-order valence-corrected chi connectivity index (χ0v) is 9.82. The van der Waals surface area contributed by atoms with E-state index in [0.717, 1.165) is 0 Å². The molecule has 0 heterocycles. The van der Waals surface area contributed by atoms with E-state index in [1.165, 1.54) is 19.1 Å². The molecule has 0 saturated carbocycles. The van der Waals surface area contributed by atoms with E-state index in [-0.39, 0.29) is 31.3 Å². The van der Waals surface area contributed by atoms with Gasteiger partial charge in [0.15, 0.2) is 0 Å². The number of methoxy groups -OCH3 is 2. The molecule has 0 atom stereocenters. The number of ether oxygens (including phenoxy) is 2. The fourth-order valence-electron chi connectivity index (χ4n) is 1.09. The molecule has 0 aromatic heterocycles. The van der Waals surface area contributed by atoms with Gasteiger partial charge in [-0.1, -0.05) is 0 Å². The van der Waals surface area contributed by atoms with Gasteiger partial charge in [-0.15, -0.1) is 0 Å². The summed E-state index contributed by atoms with van der Waals surface area (Å²) in [6.45, 7) is 2.46. The lowest BCUT2D eigenvalue weighted by molar-refractivity contribution is -0.147. The van der Waals surface area contributed by atoms with Gasteiger partial charge in [0.05, 0.1) is 20.6 Å². The molecule has 6 heteroatoms. The first-order valence-electron chi connectivity index (χ1n) is 4.96. The van der Waals surface area contributed by atoms with Gasteiger partial charge in [-0.2, -0.15) is 0 Å². The number of amides is 1. The van der Waals surface area contributed by atoms with E-state index < -0.39 is 5.97 Å². The van der Waals surface area contributed by atoms with Crippen molar-refractivity contribution >= 4 is 17.8 Å². The van der Waals surface area contributed by atoms with Crippen molar-refractivity contribution in [3.05, 3.63) is 0 Å². The Morgan fingerprint density at radius 1 is 1.06 bits per heavy atom. The molecule has 0 saturated heterocycles. The Morgan fingerprint density at radius 3 is 2.06 bits per heavy atom. The summed E-state index contributed by atoms with van der Waals surface area (Å²) in [5, 5.41) is 0. The van der Waals surface area contributed by atoms with Crippen molar-refractivity contribution in [2.24, 2.45) is 0 Å². The quantitative estimate of drug-likeness (QED) is 0.474. The maximum Gasteiger partial charge on any atom is 0.315 e. The first kappa shape index (κ1) is 14.4. The van der Waals surface area contributed by atoms with Crippen LogP contribution in [0.25, 0.3) is 0 Å². The molecule has 0 rings (SSSR count). The van der Waals surface area contributed by atoms with Crippen molar-refractivity contribution in [1.29, 1.82) is 0 Å². The summed E-state index contributed by atoms with van der Waals surface area (Å²) in [4.78, 5) is 34.7. The van der Waals surface area contributed by atoms with E-state index in [0.29, 0.717) is 6.54 Å². The molecule has 0 aliphatic rings. The minimum absolute atomic E-state index is 0.122. The van der Waals surface area contributed by atoms with Crippen LogP contribution < -0.4 is 0 Å². The maximum atomic E-state index is 11.5. The van der Waals surface area contributed by atoms with Crippen molar-refractivity contribution in [3.8, 4) is 0 Å². The third-order valence-corrected chi connectivity index (χ3v) is 2.07. The second-order valence-corrected chi connectivity index (χ2v) is 3.05. The van der Waals surface area contributed by atoms with E-state index in [9.17, 15) is 14.4 Å². The summed E-state index contributed by atoms with van der Waals surface area (Å²) in [5.41, 5.74) is 0. The molecular weight excluding hydrogens is 214 g/mol. The third-order valence-electron chi connectivity index (χ3n) is 2.07. The molecule has 6 nitrogen and oxygen atoms in total. The highest BCUT2D eigenvalue weighted by atomic mass is 16.5. The number of nitrogens with zero attached hydrogens (tertiary/aromatic N) is 1. The lowest BCUT2D eigenvalue weighted by atomic mass is 10.3. The molecule has 0 bridgehead atoms. The van der Waals surface area contributed by atoms with Gasteiger partial charge in [0.2, 0.25) is 5.91 Å². The fourth-order valence-corrected chi connectivity index (χ4v) is 1.09. The first-order chi connectivity index (χ1) is 7.54. The van der Waals surface area contributed by atoms with Crippen LogP contribution in [0.2, 0.25) is 0 Å². The van der Waals surface area contributed by atoms with Gasteiger partial charge in [0.25, 0.3) is 0 Å². The monoisotopic (exact) mass is 231 g/mol. The molecule has 16 heavy (non-hydrogen) atoms. The lowest BCUT2D eigenvalue weighted by Crippen LogP contribution is -2.34. The average molecular weight is 231 g/mol. The van der Waals surface area contributed by atoms with Gasteiger partial charge in [-0.25, -0.2) is 0 Å². The number of carbonyl (C=O) groups is 3. The van der Waals surface area contributed by atoms with Crippen LogP contribution in [0.3, 0.4) is 0 Å². The van der Waals surface area contributed by atoms with Crippen LogP contribution in [0.5, 0.6) is 0 Å². The second kappa shape index (κ2) is 7.67. The first-order valence-corrected chi connectivity index (χ1v) is 4.96. The Labute approximate surface area is 94.5 Å². The molecule has 0 aromatic carbocycles. The summed E-state index contributed by atoms with van der Waals surface area (Å²) >= 11 is 0. The van der Waals surface area contributed by atoms with Gasteiger partial charge in [-0.05, 0) is 6.92 Å². The predicted octanol–water partition coefficient (Wildman–Crippen LogP) is -0.0389. The summed E-state index contributed by atoms with van der Waals surface area (Å²) in [6, 6.07) is 0. The molecule has 1 amide bonds. The van der Waals surface area contributed by atoms with Crippen LogP contribution in [0.4, 0.5) is 0 Å². The summed E-state index contributed by atoms with van der Waals surface area (Å²) < 4.78 is 8.84. The molecule has 0 fully saturated rings. The topological polar surface area (TPSA) is 72.9 Å².